The molecule has 2 aliphatic carbocycles. The molecule has 0 amide bonds. The van der Waals surface area contributed by atoms with Crippen LogP contribution in [0.15, 0.2) is 169 Å². The predicted octanol–water partition coefficient (Wildman–Crippen LogP) is 12.7. The van der Waals surface area contributed by atoms with Crippen molar-refractivity contribution in [2.45, 2.75) is 44.9 Å². The largest absolute Gasteiger partial charge is 0.355 e. The van der Waals surface area contributed by atoms with Crippen LogP contribution in [0.25, 0.3) is 16.8 Å². The zero-order chi connectivity index (χ0) is 34.4. The molecular formula is C49H42N2. The second kappa shape index (κ2) is 12.8. The first-order valence-electron chi connectivity index (χ1n) is 18.3. The zero-order valence-corrected chi connectivity index (χ0v) is 29.4. The van der Waals surface area contributed by atoms with Crippen molar-refractivity contribution in [1.82, 2.24) is 0 Å². The highest BCUT2D eigenvalue weighted by Crippen LogP contribution is 2.54. The highest BCUT2D eigenvalue weighted by atomic mass is 15.2. The van der Waals surface area contributed by atoms with Gasteiger partial charge in [-0.2, -0.15) is 0 Å². The molecule has 0 atom stereocenters. The van der Waals surface area contributed by atoms with Crippen LogP contribution >= 0.6 is 0 Å². The van der Waals surface area contributed by atoms with E-state index in [-0.39, 0.29) is 5.41 Å². The molecule has 0 spiro atoms. The molecule has 0 aromatic heterocycles. The fraction of sp³-hybridized carbons (Fsp3) is 0.143. The third-order valence-electron chi connectivity index (χ3n) is 11.0. The highest BCUT2D eigenvalue weighted by molar-refractivity contribution is 6.01. The lowest BCUT2D eigenvalue weighted by Crippen LogP contribution is -2.30. The SMILES string of the molecule is CC1(C)c2ccccc2N(c2cc3c(c(/C(Cc4ccccc4)=C(/Nc4ccccc4)c4ccccc4)c2)CC2=CCCC=C23)c2ccccc21. The van der Waals surface area contributed by atoms with Gasteiger partial charge in [0, 0.05) is 28.9 Å². The van der Waals surface area contributed by atoms with E-state index in [4.69, 9.17) is 0 Å². The number of rotatable bonds is 7. The Morgan fingerprint density at radius 1 is 0.647 bits per heavy atom. The number of benzene rings is 6. The molecule has 9 rings (SSSR count). The van der Waals surface area contributed by atoms with Crippen LogP contribution in [-0.4, -0.2) is 0 Å². The molecule has 0 fully saturated rings. The van der Waals surface area contributed by atoms with Gasteiger partial charge in [0.2, 0.25) is 0 Å². The van der Waals surface area contributed by atoms with E-state index in [0.29, 0.717) is 0 Å². The smallest absolute Gasteiger partial charge is 0.0502 e. The molecule has 0 saturated heterocycles. The van der Waals surface area contributed by atoms with Gasteiger partial charge in [0.1, 0.15) is 0 Å². The first kappa shape index (κ1) is 31.1. The van der Waals surface area contributed by atoms with Gasteiger partial charge in [-0.3, -0.25) is 0 Å². The maximum absolute atomic E-state index is 3.95. The van der Waals surface area contributed by atoms with Crippen LogP contribution < -0.4 is 10.2 Å². The molecule has 0 bridgehead atoms. The average Bonchev–Trinajstić information content (AvgIpc) is 3.56. The summed E-state index contributed by atoms with van der Waals surface area (Å²) in [5.41, 5.74) is 19.2. The van der Waals surface area contributed by atoms with Crippen LogP contribution in [0, 0.1) is 0 Å². The van der Waals surface area contributed by atoms with E-state index in [9.17, 15) is 0 Å². The number of para-hydroxylation sites is 3. The molecule has 0 saturated carbocycles. The molecule has 6 aromatic carbocycles. The Morgan fingerprint density at radius 2 is 1.24 bits per heavy atom. The Bertz CT molecular complexity index is 2290. The van der Waals surface area contributed by atoms with Crippen molar-refractivity contribution in [2.75, 3.05) is 10.2 Å². The minimum Gasteiger partial charge on any atom is -0.355 e. The Kier molecular flexibility index (Phi) is 7.81. The van der Waals surface area contributed by atoms with Crippen molar-refractivity contribution in [3.05, 3.63) is 208 Å². The lowest BCUT2D eigenvalue weighted by atomic mass is 9.73. The lowest BCUT2D eigenvalue weighted by molar-refractivity contribution is 0.632. The van der Waals surface area contributed by atoms with Crippen molar-refractivity contribution in [1.29, 1.82) is 0 Å². The summed E-state index contributed by atoms with van der Waals surface area (Å²) in [5, 5.41) is 3.95. The summed E-state index contributed by atoms with van der Waals surface area (Å²) in [6.07, 6.45) is 8.89. The highest BCUT2D eigenvalue weighted by Gasteiger charge is 2.37. The predicted molar refractivity (Wildman–Crippen MR) is 216 cm³/mol. The molecule has 1 aliphatic heterocycles. The number of anilines is 4. The summed E-state index contributed by atoms with van der Waals surface area (Å²) in [6, 6.07) is 55.4. The number of hydrogen-bond donors (Lipinski definition) is 1. The molecule has 0 unspecified atom stereocenters. The topological polar surface area (TPSA) is 15.3 Å². The molecule has 51 heavy (non-hydrogen) atoms. The van der Waals surface area contributed by atoms with Crippen LogP contribution in [-0.2, 0) is 18.3 Å². The third kappa shape index (κ3) is 5.52. The molecular weight excluding hydrogens is 617 g/mol. The molecule has 1 N–H and O–H groups in total. The fourth-order valence-electron chi connectivity index (χ4n) is 8.51. The fourth-order valence-corrected chi connectivity index (χ4v) is 8.51. The van der Waals surface area contributed by atoms with Crippen molar-refractivity contribution in [3.63, 3.8) is 0 Å². The molecule has 248 valence electrons. The maximum Gasteiger partial charge on any atom is 0.0502 e. The number of hydrogen-bond acceptors (Lipinski definition) is 2. The van der Waals surface area contributed by atoms with Crippen molar-refractivity contribution in [3.8, 4) is 0 Å². The van der Waals surface area contributed by atoms with Gasteiger partial charge < -0.3 is 10.2 Å². The third-order valence-corrected chi connectivity index (χ3v) is 11.0. The second-order valence-corrected chi connectivity index (χ2v) is 14.5. The van der Waals surface area contributed by atoms with Crippen molar-refractivity contribution < 1.29 is 0 Å². The maximum atomic E-state index is 3.95. The van der Waals surface area contributed by atoms with E-state index in [1.807, 2.05) is 0 Å². The van der Waals surface area contributed by atoms with Gasteiger partial charge in [-0.05, 0) is 111 Å². The van der Waals surface area contributed by atoms with E-state index >= 15 is 0 Å². The van der Waals surface area contributed by atoms with Gasteiger partial charge in [0.05, 0.1) is 11.4 Å². The van der Waals surface area contributed by atoms with Crippen LogP contribution in [0.4, 0.5) is 22.7 Å². The van der Waals surface area contributed by atoms with E-state index in [0.717, 1.165) is 37.1 Å². The van der Waals surface area contributed by atoms with Crippen LogP contribution in [0.3, 0.4) is 0 Å². The van der Waals surface area contributed by atoms with Gasteiger partial charge in [-0.25, -0.2) is 0 Å². The molecule has 0 radical (unpaired) electrons. The van der Waals surface area contributed by atoms with Gasteiger partial charge >= 0.3 is 0 Å². The Labute approximate surface area is 302 Å². The molecule has 2 nitrogen and oxygen atoms in total. The normalized spacial score (nSPS) is 15.8. The average molecular weight is 659 g/mol. The number of allylic oxidation sites excluding steroid dienone is 5. The monoisotopic (exact) mass is 658 g/mol. The first-order chi connectivity index (χ1) is 25.1. The molecule has 1 heterocycles. The number of nitrogens with zero attached hydrogens (tertiary/aromatic N) is 1. The quantitative estimate of drug-likeness (QED) is 0.172. The van der Waals surface area contributed by atoms with Crippen molar-refractivity contribution >= 4 is 39.6 Å². The summed E-state index contributed by atoms with van der Waals surface area (Å²) < 4.78 is 0. The number of fused-ring (bicyclic) bond motifs is 5. The Balaban J connectivity index is 1.36. The van der Waals surface area contributed by atoms with Gasteiger partial charge in [0.15, 0.2) is 0 Å². The minimum atomic E-state index is -0.122. The van der Waals surface area contributed by atoms with Crippen molar-refractivity contribution in [2.24, 2.45) is 0 Å². The van der Waals surface area contributed by atoms with E-state index in [2.05, 4.69) is 188 Å². The van der Waals surface area contributed by atoms with Crippen LogP contribution in [0.1, 0.15) is 65.6 Å². The lowest BCUT2D eigenvalue weighted by Gasteiger charge is -2.42. The van der Waals surface area contributed by atoms with Gasteiger partial charge in [0.25, 0.3) is 0 Å². The van der Waals surface area contributed by atoms with E-state index in [1.165, 1.54) is 72.7 Å². The summed E-state index contributed by atoms with van der Waals surface area (Å²) in [7, 11) is 0. The van der Waals surface area contributed by atoms with Crippen LogP contribution in [0.5, 0.6) is 0 Å². The summed E-state index contributed by atoms with van der Waals surface area (Å²) in [4.78, 5) is 2.53. The standard InChI is InChI=1S/C49H42N2/c1-49(2)44-26-14-16-28-46(44)51(47-29-17-15-27-45(47)49)38-32-41-39-25-13-12-22-36(39)31-40(41)42(33-38)43(30-34-18-6-3-7-19-34)48(35-20-8-4-9-21-35)50-37-23-10-5-11-24-37/h3-11,14-29,32-33,50H,12-13,30-31H2,1-2H3/b48-43+. The number of nitrogens with one attached hydrogen (secondary N) is 1. The van der Waals surface area contributed by atoms with Crippen LogP contribution in [0.2, 0.25) is 0 Å². The molecule has 3 aliphatic rings. The van der Waals surface area contributed by atoms with Gasteiger partial charge in [-0.15, -0.1) is 0 Å². The zero-order valence-electron chi connectivity index (χ0n) is 29.4. The van der Waals surface area contributed by atoms with Gasteiger partial charge in [-0.1, -0.05) is 141 Å². The first-order valence-corrected chi connectivity index (χ1v) is 18.3. The Hall–Kier alpha value is -5.86. The minimum absolute atomic E-state index is 0.122. The van der Waals surface area contributed by atoms with E-state index in [1.54, 1.807) is 0 Å². The molecule has 2 heteroatoms. The summed E-state index contributed by atoms with van der Waals surface area (Å²) in [6.45, 7) is 4.73. The van der Waals surface area contributed by atoms with E-state index < -0.39 is 0 Å². The Morgan fingerprint density at radius 3 is 1.92 bits per heavy atom. The second-order valence-electron chi connectivity index (χ2n) is 14.5. The molecule has 6 aromatic rings. The summed E-state index contributed by atoms with van der Waals surface area (Å²) in [5.74, 6) is 0. The summed E-state index contributed by atoms with van der Waals surface area (Å²) >= 11 is 0.